The monoisotopic (exact) mass is 128 g/mol. The largest absolute Gasteiger partial charge is 0.329 e. The van der Waals surface area contributed by atoms with E-state index in [0.29, 0.717) is 0 Å². The lowest BCUT2D eigenvalue weighted by Crippen LogP contribution is -2.25. The number of hydrogen-bond acceptors (Lipinski definition) is 2. The van der Waals surface area contributed by atoms with E-state index in [1.165, 1.54) is 0 Å². The minimum absolute atomic E-state index is 0.744. The normalized spacial score (nSPS) is 11.6. The predicted octanol–water partition coefficient (Wildman–Crippen LogP) is 0.453. The first-order chi connectivity index (χ1) is 4.31. The molecule has 0 fully saturated rings. The van der Waals surface area contributed by atoms with Gasteiger partial charge in [-0.1, -0.05) is 12.2 Å². The average molecular weight is 128 g/mol. The van der Waals surface area contributed by atoms with E-state index in [1.807, 2.05) is 13.0 Å². The highest BCUT2D eigenvalue weighted by molar-refractivity contribution is 4.79. The lowest BCUT2D eigenvalue weighted by atomic mass is 10.4. The van der Waals surface area contributed by atoms with Crippen LogP contribution in [0.4, 0.5) is 0 Å². The topological polar surface area (TPSA) is 29.3 Å². The maximum atomic E-state index is 5.34. The van der Waals surface area contributed by atoms with Crippen molar-refractivity contribution in [2.45, 2.75) is 6.92 Å². The molecular formula is C7H16N2. The van der Waals surface area contributed by atoms with Crippen LogP contribution in [-0.4, -0.2) is 31.6 Å². The number of likely N-dealkylation sites (N-methyl/N-ethyl adjacent to an activating group) is 1. The van der Waals surface area contributed by atoms with Gasteiger partial charge in [-0.2, -0.15) is 0 Å². The number of hydrogen-bond donors (Lipinski definition) is 1. The average Bonchev–Trinajstić information content (AvgIpc) is 1.85. The van der Waals surface area contributed by atoms with Crippen LogP contribution in [0.5, 0.6) is 0 Å². The molecular weight excluding hydrogens is 112 g/mol. The molecule has 2 nitrogen and oxygen atoms in total. The van der Waals surface area contributed by atoms with Crippen molar-refractivity contribution in [3.63, 3.8) is 0 Å². The lowest BCUT2D eigenvalue weighted by molar-refractivity contribution is 0.381. The molecule has 0 aliphatic heterocycles. The summed E-state index contributed by atoms with van der Waals surface area (Å²) < 4.78 is 0. The third-order valence-corrected chi connectivity index (χ3v) is 1.16. The molecule has 9 heavy (non-hydrogen) atoms. The lowest BCUT2D eigenvalue weighted by Gasteiger charge is -2.11. The molecule has 0 atom stereocenters. The fraction of sp³-hybridized carbons (Fsp3) is 0.714. The van der Waals surface area contributed by atoms with Crippen molar-refractivity contribution in [3.05, 3.63) is 12.2 Å². The van der Waals surface area contributed by atoms with Crippen molar-refractivity contribution in [1.29, 1.82) is 0 Å². The van der Waals surface area contributed by atoms with Crippen molar-refractivity contribution in [2.75, 3.05) is 26.7 Å². The molecule has 0 aromatic rings. The number of rotatable bonds is 4. The summed E-state index contributed by atoms with van der Waals surface area (Å²) in [7, 11) is 2.06. The van der Waals surface area contributed by atoms with E-state index < -0.39 is 0 Å². The highest BCUT2D eigenvalue weighted by Crippen LogP contribution is 1.80. The van der Waals surface area contributed by atoms with Gasteiger partial charge < -0.3 is 10.6 Å². The summed E-state index contributed by atoms with van der Waals surface area (Å²) in [5.41, 5.74) is 5.34. The van der Waals surface area contributed by atoms with Gasteiger partial charge in [0.1, 0.15) is 0 Å². The van der Waals surface area contributed by atoms with Crippen LogP contribution in [0, 0.1) is 0 Å². The van der Waals surface area contributed by atoms with Crippen molar-refractivity contribution < 1.29 is 0 Å². The van der Waals surface area contributed by atoms with Gasteiger partial charge in [0.25, 0.3) is 0 Å². The van der Waals surface area contributed by atoms with E-state index in [0.717, 1.165) is 19.6 Å². The van der Waals surface area contributed by atoms with Gasteiger partial charge in [-0.3, -0.25) is 0 Å². The summed E-state index contributed by atoms with van der Waals surface area (Å²) in [5.74, 6) is 0. The molecule has 0 aliphatic carbocycles. The van der Waals surface area contributed by atoms with Crippen LogP contribution >= 0.6 is 0 Å². The third kappa shape index (κ3) is 5.53. The van der Waals surface area contributed by atoms with Gasteiger partial charge in [0.05, 0.1) is 0 Å². The zero-order chi connectivity index (χ0) is 7.11. The summed E-state index contributed by atoms with van der Waals surface area (Å²) in [5, 5.41) is 0. The van der Waals surface area contributed by atoms with Crippen LogP contribution in [-0.2, 0) is 0 Å². The molecule has 0 rings (SSSR count). The minimum atomic E-state index is 0.744. The Balaban J connectivity index is 3.15. The smallest absolute Gasteiger partial charge is 0.0160 e. The Morgan fingerprint density at radius 1 is 1.56 bits per heavy atom. The second-order valence-corrected chi connectivity index (χ2v) is 2.12. The molecule has 2 N–H and O–H groups in total. The van der Waals surface area contributed by atoms with Crippen molar-refractivity contribution in [3.8, 4) is 0 Å². The fourth-order valence-electron chi connectivity index (χ4n) is 0.597. The highest BCUT2D eigenvalue weighted by atomic mass is 15.1. The summed E-state index contributed by atoms with van der Waals surface area (Å²) in [6.07, 6.45) is 4.17. The third-order valence-electron chi connectivity index (χ3n) is 1.16. The molecule has 0 saturated heterocycles. The first-order valence-corrected chi connectivity index (χ1v) is 3.31. The molecule has 0 unspecified atom stereocenters. The maximum absolute atomic E-state index is 5.34. The Labute approximate surface area is 57.3 Å². The second kappa shape index (κ2) is 5.79. The maximum Gasteiger partial charge on any atom is 0.0160 e. The first-order valence-electron chi connectivity index (χ1n) is 3.31. The molecule has 54 valence electrons. The first kappa shape index (κ1) is 8.66. The van der Waals surface area contributed by atoms with Crippen LogP contribution < -0.4 is 5.73 Å². The summed E-state index contributed by atoms with van der Waals surface area (Å²) >= 11 is 0. The van der Waals surface area contributed by atoms with E-state index in [1.54, 1.807) is 0 Å². The zero-order valence-electron chi connectivity index (χ0n) is 6.30. The SMILES string of the molecule is CC=CCN(C)CCN. The number of nitrogens with zero attached hydrogens (tertiary/aromatic N) is 1. The fourth-order valence-corrected chi connectivity index (χ4v) is 0.597. The Hall–Kier alpha value is -0.340. The number of nitrogens with two attached hydrogens (primary N) is 1. The number of allylic oxidation sites excluding steroid dienone is 1. The predicted molar refractivity (Wildman–Crippen MR) is 41.4 cm³/mol. The van der Waals surface area contributed by atoms with Gasteiger partial charge in [-0.25, -0.2) is 0 Å². The van der Waals surface area contributed by atoms with Gasteiger partial charge in [0.2, 0.25) is 0 Å². The summed E-state index contributed by atoms with van der Waals surface area (Å²) in [6.45, 7) is 4.75. The highest BCUT2D eigenvalue weighted by Gasteiger charge is 1.89. The molecule has 0 aromatic heterocycles. The molecule has 0 aliphatic rings. The van der Waals surface area contributed by atoms with Gasteiger partial charge in [-0.05, 0) is 14.0 Å². The summed E-state index contributed by atoms with van der Waals surface area (Å²) in [6, 6.07) is 0. The zero-order valence-corrected chi connectivity index (χ0v) is 6.30. The van der Waals surface area contributed by atoms with Crippen molar-refractivity contribution >= 4 is 0 Å². The Morgan fingerprint density at radius 3 is 2.67 bits per heavy atom. The van der Waals surface area contributed by atoms with Gasteiger partial charge in [0, 0.05) is 19.6 Å². The van der Waals surface area contributed by atoms with Gasteiger partial charge in [-0.15, -0.1) is 0 Å². The van der Waals surface area contributed by atoms with E-state index in [9.17, 15) is 0 Å². The molecule has 2 heteroatoms. The van der Waals surface area contributed by atoms with E-state index in [2.05, 4.69) is 18.0 Å². The van der Waals surface area contributed by atoms with E-state index in [4.69, 9.17) is 5.73 Å². The van der Waals surface area contributed by atoms with Gasteiger partial charge in [0.15, 0.2) is 0 Å². The Morgan fingerprint density at radius 2 is 2.22 bits per heavy atom. The molecule has 0 aromatic carbocycles. The van der Waals surface area contributed by atoms with Crippen molar-refractivity contribution in [2.24, 2.45) is 5.73 Å². The van der Waals surface area contributed by atoms with Gasteiger partial charge >= 0.3 is 0 Å². The summed E-state index contributed by atoms with van der Waals surface area (Å²) in [4.78, 5) is 2.18. The van der Waals surface area contributed by atoms with Crippen LogP contribution in [0.15, 0.2) is 12.2 Å². The van der Waals surface area contributed by atoms with Crippen LogP contribution in [0.1, 0.15) is 6.92 Å². The van der Waals surface area contributed by atoms with E-state index in [-0.39, 0.29) is 0 Å². The molecule has 0 spiro atoms. The van der Waals surface area contributed by atoms with Crippen LogP contribution in [0.25, 0.3) is 0 Å². The molecule has 0 amide bonds. The molecule has 0 heterocycles. The Bertz CT molecular complexity index is 79.0. The minimum Gasteiger partial charge on any atom is -0.329 e. The Kier molecular flexibility index (Phi) is 5.57. The van der Waals surface area contributed by atoms with Crippen LogP contribution in [0.2, 0.25) is 0 Å². The van der Waals surface area contributed by atoms with Crippen LogP contribution in [0.3, 0.4) is 0 Å². The molecule has 0 saturated carbocycles. The molecule has 0 bridgehead atoms. The quantitative estimate of drug-likeness (QED) is 0.557. The van der Waals surface area contributed by atoms with Crippen molar-refractivity contribution in [1.82, 2.24) is 4.90 Å². The molecule has 0 radical (unpaired) electrons. The second-order valence-electron chi connectivity index (χ2n) is 2.12. The van der Waals surface area contributed by atoms with E-state index >= 15 is 0 Å². The standard InChI is InChI=1S/C7H16N2/c1-3-4-6-9(2)7-5-8/h3-4H,5-8H2,1-2H3.